The fraction of sp³-hybridized carbons (Fsp3) is 0.636. The molecule has 0 aromatic carbocycles. The van der Waals surface area contributed by atoms with Crippen LogP contribution < -0.4 is 10.9 Å². The van der Waals surface area contributed by atoms with Crippen molar-refractivity contribution < 1.29 is 4.21 Å². The molecule has 5 nitrogen and oxygen atoms in total. The van der Waals surface area contributed by atoms with Crippen LogP contribution >= 0.6 is 11.6 Å². The van der Waals surface area contributed by atoms with Gasteiger partial charge < -0.3 is 5.32 Å². The van der Waals surface area contributed by atoms with Crippen LogP contribution in [0, 0.1) is 0 Å². The van der Waals surface area contributed by atoms with Gasteiger partial charge in [0, 0.05) is 28.9 Å². The first kappa shape index (κ1) is 15.2. The molecule has 2 atom stereocenters. The summed E-state index contributed by atoms with van der Waals surface area (Å²) in [5.74, 6) is 0.490. The molecule has 0 saturated heterocycles. The molecule has 1 heterocycles. The summed E-state index contributed by atoms with van der Waals surface area (Å²) in [6, 6.07) is -0.0750. The van der Waals surface area contributed by atoms with Gasteiger partial charge in [-0.05, 0) is 20.8 Å². The van der Waals surface area contributed by atoms with Crippen molar-refractivity contribution in [3.63, 3.8) is 0 Å². The van der Waals surface area contributed by atoms with Crippen molar-refractivity contribution in [2.45, 2.75) is 32.9 Å². The average Bonchev–Trinajstić information content (AvgIpc) is 2.23. The van der Waals surface area contributed by atoms with Gasteiger partial charge in [0.1, 0.15) is 5.02 Å². The van der Waals surface area contributed by atoms with E-state index in [4.69, 9.17) is 11.6 Å². The predicted molar refractivity (Wildman–Crippen MR) is 75.9 cm³/mol. The van der Waals surface area contributed by atoms with Gasteiger partial charge >= 0.3 is 0 Å². The maximum Gasteiger partial charge on any atom is 0.287 e. The summed E-state index contributed by atoms with van der Waals surface area (Å²) in [5, 5.41) is 7.22. The summed E-state index contributed by atoms with van der Waals surface area (Å²) >= 11 is 6.01. The van der Waals surface area contributed by atoms with E-state index in [-0.39, 0.29) is 22.7 Å². The summed E-state index contributed by atoms with van der Waals surface area (Å²) in [4.78, 5) is 11.9. The Morgan fingerprint density at radius 3 is 2.61 bits per heavy atom. The van der Waals surface area contributed by atoms with E-state index >= 15 is 0 Å². The molecular weight excluding hydrogens is 274 g/mol. The van der Waals surface area contributed by atoms with Crippen LogP contribution in [0.5, 0.6) is 0 Å². The highest BCUT2D eigenvalue weighted by atomic mass is 35.5. The van der Waals surface area contributed by atoms with Crippen molar-refractivity contribution in [2.24, 2.45) is 0 Å². The van der Waals surface area contributed by atoms with Crippen molar-refractivity contribution in [1.82, 2.24) is 9.78 Å². The molecule has 1 aromatic heterocycles. The highest BCUT2D eigenvalue weighted by molar-refractivity contribution is 7.84. The van der Waals surface area contributed by atoms with Gasteiger partial charge in [0.25, 0.3) is 5.56 Å². The van der Waals surface area contributed by atoms with Gasteiger partial charge in [0.05, 0.1) is 17.9 Å². The van der Waals surface area contributed by atoms with Crippen LogP contribution in [-0.2, 0) is 10.8 Å². The SMILES string of the molecule is CC(CS(C)=O)Nc1cnn(C(C)C)c(=O)c1Cl. The van der Waals surface area contributed by atoms with Crippen molar-refractivity contribution in [2.75, 3.05) is 17.3 Å². The Balaban J connectivity index is 2.96. The lowest BCUT2D eigenvalue weighted by Gasteiger charge is -2.16. The summed E-state index contributed by atoms with van der Waals surface area (Å²) in [6.07, 6.45) is 3.16. The second-order valence-corrected chi connectivity index (χ2v) is 6.36. The number of nitrogens with one attached hydrogen (secondary N) is 1. The second kappa shape index (κ2) is 6.33. The van der Waals surface area contributed by atoms with Crippen LogP contribution in [0.2, 0.25) is 5.02 Å². The zero-order valence-corrected chi connectivity index (χ0v) is 12.5. The first-order valence-corrected chi connectivity index (χ1v) is 7.77. The number of rotatable bonds is 5. The molecule has 0 bridgehead atoms. The minimum absolute atomic E-state index is 0.0374. The van der Waals surface area contributed by atoms with Crippen LogP contribution in [0.3, 0.4) is 0 Å². The quantitative estimate of drug-likeness (QED) is 0.896. The number of nitrogens with zero attached hydrogens (tertiary/aromatic N) is 2. The van der Waals surface area contributed by atoms with Crippen molar-refractivity contribution in [3.05, 3.63) is 21.6 Å². The lowest BCUT2D eigenvalue weighted by molar-refractivity contribution is 0.503. The molecule has 0 saturated carbocycles. The van der Waals surface area contributed by atoms with Crippen molar-refractivity contribution in [3.8, 4) is 0 Å². The van der Waals surface area contributed by atoms with Crippen LogP contribution in [-0.4, -0.2) is 32.0 Å². The van der Waals surface area contributed by atoms with Gasteiger partial charge in [-0.3, -0.25) is 9.00 Å². The van der Waals surface area contributed by atoms with E-state index in [0.717, 1.165) is 0 Å². The predicted octanol–water partition coefficient (Wildman–Crippen LogP) is 1.66. The molecule has 0 amide bonds. The number of hydrogen-bond donors (Lipinski definition) is 1. The molecule has 2 unspecified atom stereocenters. The van der Waals surface area contributed by atoms with Crippen molar-refractivity contribution in [1.29, 1.82) is 0 Å². The Labute approximate surface area is 114 Å². The van der Waals surface area contributed by atoms with Gasteiger partial charge in [-0.25, -0.2) is 4.68 Å². The smallest absolute Gasteiger partial charge is 0.287 e. The fourth-order valence-corrected chi connectivity index (χ4v) is 2.55. The maximum absolute atomic E-state index is 11.9. The molecule has 0 radical (unpaired) electrons. The second-order valence-electron chi connectivity index (χ2n) is 4.50. The summed E-state index contributed by atoms with van der Waals surface area (Å²) in [7, 11) is -0.902. The van der Waals surface area contributed by atoms with Gasteiger partial charge in [0.15, 0.2) is 0 Å². The normalized spacial score (nSPS) is 14.6. The van der Waals surface area contributed by atoms with Crippen LogP contribution in [0.25, 0.3) is 0 Å². The lowest BCUT2D eigenvalue weighted by atomic mass is 10.3. The molecule has 102 valence electrons. The molecule has 0 aliphatic carbocycles. The van der Waals surface area contributed by atoms with Crippen LogP contribution in [0.15, 0.2) is 11.0 Å². The molecule has 0 aliphatic rings. The van der Waals surface area contributed by atoms with Gasteiger partial charge in [-0.2, -0.15) is 5.10 Å². The number of anilines is 1. The van der Waals surface area contributed by atoms with E-state index in [1.807, 2.05) is 20.8 Å². The Hall–Kier alpha value is -0.880. The van der Waals surface area contributed by atoms with Crippen molar-refractivity contribution >= 4 is 28.1 Å². The van der Waals surface area contributed by atoms with Crippen LogP contribution in [0.4, 0.5) is 5.69 Å². The Morgan fingerprint density at radius 1 is 1.50 bits per heavy atom. The number of aromatic nitrogens is 2. The third-order valence-corrected chi connectivity index (χ3v) is 3.65. The first-order chi connectivity index (χ1) is 8.32. The Morgan fingerprint density at radius 2 is 2.11 bits per heavy atom. The molecule has 18 heavy (non-hydrogen) atoms. The lowest BCUT2D eigenvalue weighted by Crippen LogP contribution is -2.28. The number of hydrogen-bond acceptors (Lipinski definition) is 4. The summed E-state index contributed by atoms with van der Waals surface area (Å²) < 4.78 is 12.4. The number of halogens is 1. The van der Waals surface area contributed by atoms with Gasteiger partial charge in [0.2, 0.25) is 0 Å². The van der Waals surface area contributed by atoms with E-state index in [9.17, 15) is 9.00 Å². The standard InChI is InChI=1S/C11H18ClN3O2S/c1-7(2)15-11(16)10(12)9(5-13-15)14-8(3)6-18(4)17/h5,7-8,14H,6H2,1-4H3. The monoisotopic (exact) mass is 291 g/mol. The summed E-state index contributed by atoms with van der Waals surface area (Å²) in [5.41, 5.74) is 0.165. The average molecular weight is 292 g/mol. The molecule has 0 fully saturated rings. The summed E-state index contributed by atoms with van der Waals surface area (Å²) in [6.45, 7) is 5.60. The minimum atomic E-state index is -0.902. The maximum atomic E-state index is 11.9. The molecule has 0 spiro atoms. The van der Waals surface area contributed by atoms with Crippen LogP contribution in [0.1, 0.15) is 26.8 Å². The van der Waals surface area contributed by atoms with E-state index < -0.39 is 10.8 Å². The zero-order valence-electron chi connectivity index (χ0n) is 10.9. The molecular formula is C11H18ClN3O2S. The molecule has 7 heteroatoms. The zero-order chi connectivity index (χ0) is 13.9. The molecule has 1 N–H and O–H groups in total. The van der Waals surface area contributed by atoms with Gasteiger partial charge in [-0.15, -0.1) is 0 Å². The third-order valence-electron chi connectivity index (χ3n) is 2.32. The molecule has 1 rings (SSSR count). The highest BCUT2D eigenvalue weighted by Gasteiger charge is 2.13. The Kier molecular flexibility index (Phi) is 5.34. The molecule has 1 aromatic rings. The minimum Gasteiger partial charge on any atom is -0.379 e. The van der Waals surface area contributed by atoms with E-state index in [2.05, 4.69) is 10.4 Å². The first-order valence-electron chi connectivity index (χ1n) is 5.66. The third kappa shape index (κ3) is 3.81. The topological polar surface area (TPSA) is 64.0 Å². The largest absolute Gasteiger partial charge is 0.379 e. The van der Waals surface area contributed by atoms with E-state index in [1.54, 1.807) is 6.26 Å². The fourth-order valence-electron chi connectivity index (χ4n) is 1.57. The van der Waals surface area contributed by atoms with Gasteiger partial charge in [-0.1, -0.05) is 11.6 Å². The Bertz CT molecular complexity index is 502. The van der Waals surface area contributed by atoms with E-state index in [1.165, 1.54) is 10.9 Å². The van der Waals surface area contributed by atoms with E-state index in [0.29, 0.717) is 11.4 Å². The highest BCUT2D eigenvalue weighted by Crippen LogP contribution is 2.17. The molecule has 0 aliphatic heterocycles.